The van der Waals surface area contributed by atoms with Gasteiger partial charge in [0.05, 0.1) is 38.6 Å². The third-order valence-corrected chi connectivity index (χ3v) is 16.5. The van der Waals surface area contributed by atoms with Gasteiger partial charge in [-0.25, -0.2) is 0 Å². The van der Waals surface area contributed by atoms with Crippen molar-refractivity contribution in [2.45, 2.75) is 291 Å². The molecule has 0 aliphatic carbocycles. The van der Waals surface area contributed by atoms with Gasteiger partial charge in [-0.15, -0.1) is 0 Å². The Morgan fingerprint density at radius 3 is 1.17 bits per heavy atom. The normalized spacial score (nSPS) is 28.0. The van der Waals surface area contributed by atoms with Crippen LogP contribution in [-0.2, 0) is 33.2 Å². The van der Waals surface area contributed by atoms with Crippen molar-refractivity contribution < 1.29 is 89.4 Å². The minimum atomic E-state index is -1.99. The van der Waals surface area contributed by atoms with Crippen LogP contribution >= 0.6 is 0 Å². The van der Waals surface area contributed by atoms with Crippen molar-refractivity contribution in [3.05, 3.63) is 158 Å². The van der Waals surface area contributed by atoms with Crippen molar-refractivity contribution in [3.8, 4) is 0 Å². The Morgan fingerprint density at radius 2 is 0.729 bits per heavy atom. The molecule has 0 aromatic carbocycles. The summed E-state index contributed by atoms with van der Waals surface area (Å²) in [7, 11) is 0. The second-order valence-electron chi connectivity index (χ2n) is 24.6. The fourth-order valence-corrected chi connectivity index (χ4v) is 10.8. The molecule has 17 atom stereocenters. The van der Waals surface area contributed by atoms with E-state index in [1.165, 1.54) is 19.3 Å². The van der Waals surface area contributed by atoms with Gasteiger partial charge in [-0.2, -0.15) is 0 Å². The number of nitrogens with one attached hydrogen (secondary N) is 1. The van der Waals surface area contributed by atoms with Crippen molar-refractivity contribution >= 4 is 5.91 Å². The molecule has 3 aliphatic rings. The molecule has 3 fully saturated rings. The van der Waals surface area contributed by atoms with Gasteiger partial charge in [-0.1, -0.05) is 223 Å². The van der Waals surface area contributed by atoms with E-state index in [-0.39, 0.29) is 18.9 Å². The molecule has 0 saturated carbocycles. The average Bonchev–Trinajstić information content (AvgIpc) is 0.787. The summed E-state index contributed by atoms with van der Waals surface area (Å²) in [4.78, 5) is 13.4. The summed E-state index contributed by atoms with van der Waals surface area (Å²) in [6, 6.07) is -1.01. The highest BCUT2D eigenvalue weighted by molar-refractivity contribution is 5.76. The highest BCUT2D eigenvalue weighted by Gasteiger charge is 2.53. The van der Waals surface area contributed by atoms with E-state index in [4.69, 9.17) is 28.4 Å². The molecule has 544 valence electrons. The first kappa shape index (κ1) is 85.6. The molecule has 17 unspecified atom stereocenters. The molecule has 0 bridgehead atoms. The SMILES string of the molecule is CC/C=C\C/C=C\C/C=C\C/C=C\C/C=C\C/C=C\C/C=C\C/C=C\C/C=C\C/C=C\CCCCCCCCCCC(=O)NC(COC1OC(CO)C(OC2OC(CO)C(OC3OC(CO)C(O)C(O)C3O)C(O)C2O)C(O)C1O)C(O)/C=C/CC/C=C/CC/C=C/CCCC. The van der Waals surface area contributed by atoms with E-state index in [0.717, 1.165) is 135 Å². The lowest BCUT2D eigenvalue weighted by Gasteiger charge is -2.48. The largest absolute Gasteiger partial charge is 0.394 e. The Labute approximate surface area is 574 Å². The van der Waals surface area contributed by atoms with E-state index in [0.29, 0.717) is 12.8 Å². The summed E-state index contributed by atoms with van der Waals surface area (Å²) in [6.45, 7) is 1.49. The first-order chi connectivity index (χ1) is 46.8. The van der Waals surface area contributed by atoms with Gasteiger partial charge < -0.3 is 89.9 Å². The number of aliphatic hydroxyl groups excluding tert-OH is 11. The minimum absolute atomic E-state index is 0.211. The van der Waals surface area contributed by atoms with Crippen LogP contribution in [0.15, 0.2) is 158 Å². The van der Waals surface area contributed by atoms with Crippen LogP contribution in [0.3, 0.4) is 0 Å². The number of ether oxygens (including phenoxy) is 6. The van der Waals surface area contributed by atoms with Crippen molar-refractivity contribution in [2.75, 3.05) is 26.4 Å². The number of hydrogen-bond acceptors (Lipinski definition) is 18. The van der Waals surface area contributed by atoms with Gasteiger partial charge in [0.15, 0.2) is 18.9 Å². The first-order valence-electron chi connectivity index (χ1n) is 35.7. The van der Waals surface area contributed by atoms with E-state index >= 15 is 0 Å². The number of carbonyl (C=O) groups is 1. The zero-order valence-electron chi connectivity index (χ0n) is 57.5. The molecule has 96 heavy (non-hydrogen) atoms. The highest BCUT2D eigenvalue weighted by atomic mass is 16.8. The van der Waals surface area contributed by atoms with Crippen LogP contribution in [0.4, 0.5) is 0 Å². The van der Waals surface area contributed by atoms with E-state index < -0.39 is 124 Å². The van der Waals surface area contributed by atoms with E-state index in [2.05, 4.69) is 165 Å². The molecule has 0 radical (unpaired) electrons. The third kappa shape index (κ3) is 37.0. The Bertz CT molecular complexity index is 2360. The van der Waals surface area contributed by atoms with Crippen LogP contribution in [0.5, 0.6) is 0 Å². The summed E-state index contributed by atoms with van der Waals surface area (Å²) >= 11 is 0. The van der Waals surface area contributed by atoms with E-state index in [9.17, 15) is 61.0 Å². The number of carbonyl (C=O) groups excluding carboxylic acids is 1. The summed E-state index contributed by atoms with van der Waals surface area (Å²) in [5, 5.41) is 120. The smallest absolute Gasteiger partial charge is 0.220 e. The van der Waals surface area contributed by atoms with Crippen LogP contribution in [0.2, 0.25) is 0 Å². The molecular weight excluding hydrogens is 1230 g/mol. The van der Waals surface area contributed by atoms with Gasteiger partial charge in [0, 0.05) is 6.42 Å². The van der Waals surface area contributed by atoms with Crippen molar-refractivity contribution in [3.63, 3.8) is 0 Å². The lowest BCUT2D eigenvalue weighted by Crippen LogP contribution is -2.66. The van der Waals surface area contributed by atoms with Gasteiger partial charge in [0.1, 0.15) is 73.2 Å². The molecule has 3 aliphatic heterocycles. The maximum Gasteiger partial charge on any atom is 0.220 e. The fourth-order valence-electron chi connectivity index (χ4n) is 10.8. The maximum atomic E-state index is 13.4. The Balaban J connectivity index is 1.35. The van der Waals surface area contributed by atoms with Crippen LogP contribution in [0, 0.1) is 0 Å². The molecule has 0 aromatic heterocycles. The predicted molar refractivity (Wildman–Crippen MR) is 378 cm³/mol. The second-order valence-corrected chi connectivity index (χ2v) is 24.6. The van der Waals surface area contributed by atoms with E-state index in [1.807, 2.05) is 6.08 Å². The highest BCUT2D eigenvalue weighted by Crippen LogP contribution is 2.33. The first-order valence-corrected chi connectivity index (χ1v) is 35.7. The van der Waals surface area contributed by atoms with Crippen LogP contribution in [0.25, 0.3) is 0 Å². The number of amides is 1. The van der Waals surface area contributed by atoms with Gasteiger partial charge in [-0.05, 0) is 116 Å². The second kappa shape index (κ2) is 56.2. The number of hydrogen-bond donors (Lipinski definition) is 12. The molecule has 3 heterocycles. The summed E-state index contributed by atoms with van der Waals surface area (Å²) in [5.41, 5.74) is 0. The van der Waals surface area contributed by atoms with Crippen molar-refractivity contribution in [2.24, 2.45) is 0 Å². The number of rotatable bonds is 52. The lowest BCUT2D eigenvalue weighted by atomic mass is 9.96. The standard InChI is InChI=1S/C77H123NO18/c1-3-5-7-9-11-13-15-17-18-19-20-21-22-23-24-25-26-27-28-29-30-31-32-33-34-35-36-37-38-39-40-41-42-43-45-47-49-51-53-55-65(83)78-60(61(82)54-52-50-48-46-44-16-14-12-10-8-6-4-2)59-91-75-71(89)68(86)73(63(57-80)93-75)96-77-72(90)69(87)74(64(58-81)94-77)95-76-70(88)67(85)66(84)62(56-79)92-76/h5,7,10-13,17-18,20-21,23-24,26-27,29-30,32-33,35-36,38-39,44,46,52,54,60-64,66-77,79-82,84-90H,3-4,6,8-9,14-16,19,22,25,28,31,34,37,40-43,45,47-51,53,55-59H2,1-2H3,(H,78,83)/b7-5-,12-10+,13-11-,18-17-,21-20-,24-23-,27-26-,30-29-,33-32-,36-35-,39-38-,46-44+,54-52+. The predicted octanol–water partition coefficient (Wildman–Crippen LogP) is 10.1. The Hall–Kier alpha value is -4.59. The molecular formula is C77H123NO18. The van der Waals surface area contributed by atoms with Crippen molar-refractivity contribution in [1.29, 1.82) is 0 Å². The average molecular weight is 1350 g/mol. The number of allylic oxidation sites excluding steroid dienone is 25. The fraction of sp³-hybridized carbons (Fsp3) is 0.649. The molecule has 1 amide bonds. The lowest BCUT2D eigenvalue weighted by molar-refractivity contribution is -0.379. The van der Waals surface area contributed by atoms with E-state index in [1.54, 1.807) is 6.08 Å². The Morgan fingerprint density at radius 1 is 0.385 bits per heavy atom. The molecule has 3 saturated heterocycles. The molecule has 19 nitrogen and oxygen atoms in total. The molecule has 3 rings (SSSR count). The number of aliphatic hydroxyl groups is 11. The zero-order chi connectivity index (χ0) is 69.6. The molecule has 19 heteroatoms. The molecule has 12 N–H and O–H groups in total. The van der Waals surface area contributed by atoms with Gasteiger partial charge >= 0.3 is 0 Å². The minimum Gasteiger partial charge on any atom is -0.394 e. The topological polar surface area (TPSA) is 307 Å². The quantitative estimate of drug-likeness (QED) is 0.0199. The summed E-state index contributed by atoms with van der Waals surface area (Å²) in [6.07, 6.45) is 55.3. The van der Waals surface area contributed by atoms with Crippen molar-refractivity contribution in [1.82, 2.24) is 5.32 Å². The van der Waals surface area contributed by atoms with Crippen LogP contribution < -0.4 is 5.32 Å². The van der Waals surface area contributed by atoms with Crippen LogP contribution in [-0.4, -0.2) is 193 Å². The Kier molecular flexibility index (Phi) is 50.1. The van der Waals surface area contributed by atoms with Gasteiger partial charge in [0.2, 0.25) is 5.91 Å². The summed E-state index contributed by atoms with van der Waals surface area (Å²) < 4.78 is 34.2. The monoisotopic (exact) mass is 1350 g/mol. The van der Waals surface area contributed by atoms with Gasteiger partial charge in [0.25, 0.3) is 0 Å². The molecule has 0 spiro atoms. The number of unbranched alkanes of at least 4 members (excludes halogenated alkanes) is 12. The zero-order valence-corrected chi connectivity index (χ0v) is 57.5. The van der Waals surface area contributed by atoms with Gasteiger partial charge in [-0.3, -0.25) is 4.79 Å². The van der Waals surface area contributed by atoms with Crippen LogP contribution in [0.1, 0.15) is 187 Å². The maximum absolute atomic E-state index is 13.4. The third-order valence-electron chi connectivity index (χ3n) is 16.5. The summed E-state index contributed by atoms with van der Waals surface area (Å²) in [5.74, 6) is -0.308. The molecule has 0 aromatic rings.